The lowest BCUT2D eigenvalue weighted by Gasteiger charge is -2.23. The van der Waals surface area contributed by atoms with Crippen LogP contribution in [-0.2, 0) is 19.6 Å². The van der Waals surface area contributed by atoms with E-state index in [2.05, 4.69) is 20.7 Å². The third-order valence-electron chi connectivity index (χ3n) is 3.89. The first-order valence-electron chi connectivity index (χ1n) is 8.32. The second-order valence-electron chi connectivity index (χ2n) is 5.84. The number of nitrogens with one attached hydrogen (secondary N) is 1. The Morgan fingerprint density at radius 1 is 1.11 bits per heavy atom. The molecule has 0 aliphatic rings. The number of methoxy groups -OCH3 is 1. The Hall–Kier alpha value is -1.90. The van der Waals surface area contributed by atoms with Gasteiger partial charge in [-0.3, -0.25) is 4.79 Å². The summed E-state index contributed by atoms with van der Waals surface area (Å²) < 4.78 is 38.4. The van der Waals surface area contributed by atoms with Gasteiger partial charge in [0.15, 0.2) is 0 Å². The molecule has 0 aliphatic carbocycles. The van der Waals surface area contributed by atoms with Gasteiger partial charge in [0.1, 0.15) is 10.6 Å². The Morgan fingerprint density at radius 3 is 2.22 bits per heavy atom. The Bertz CT molecular complexity index is 866. The zero-order valence-corrected chi connectivity index (χ0v) is 17.7. The van der Waals surface area contributed by atoms with Gasteiger partial charge < -0.3 is 9.47 Å². The largest absolute Gasteiger partial charge is 0.497 e. The van der Waals surface area contributed by atoms with Crippen molar-refractivity contribution in [3.05, 3.63) is 59.7 Å². The number of alkyl halides is 1. The predicted molar refractivity (Wildman–Crippen MR) is 107 cm³/mol. The molecule has 1 N–H and O–H groups in total. The number of sulfonamides is 1. The first-order chi connectivity index (χ1) is 12.8. The molecule has 0 spiro atoms. The molecule has 0 saturated carbocycles. The van der Waals surface area contributed by atoms with E-state index in [1.165, 1.54) is 12.1 Å². The van der Waals surface area contributed by atoms with Crippen molar-refractivity contribution in [3.63, 3.8) is 0 Å². The maximum absolute atomic E-state index is 12.8. The van der Waals surface area contributed by atoms with Crippen LogP contribution in [0.2, 0.25) is 0 Å². The molecule has 0 unspecified atom stereocenters. The molecule has 0 saturated heterocycles. The standard InChI is InChI=1S/C19H22BrNO5S/c1-4-26-19(22)17(20)18(14-7-9-15(25-3)10-8-14)21-27(23,24)16-11-5-13(2)6-12-16/h5-12,17-18,21H,4H2,1-3H3/t17-,18-/m0/s1. The van der Waals surface area contributed by atoms with E-state index >= 15 is 0 Å². The topological polar surface area (TPSA) is 81.7 Å². The molecular weight excluding hydrogens is 434 g/mol. The third kappa shape index (κ3) is 5.54. The number of ether oxygens (including phenoxy) is 2. The number of halogens is 1. The smallest absolute Gasteiger partial charge is 0.321 e. The van der Waals surface area contributed by atoms with Crippen LogP contribution in [0, 0.1) is 6.92 Å². The molecule has 0 heterocycles. The van der Waals surface area contributed by atoms with E-state index in [0.29, 0.717) is 11.3 Å². The van der Waals surface area contributed by atoms with Crippen LogP contribution < -0.4 is 9.46 Å². The van der Waals surface area contributed by atoms with E-state index in [-0.39, 0.29) is 11.5 Å². The minimum Gasteiger partial charge on any atom is -0.497 e. The molecule has 146 valence electrons. The summed E-state index contributed by atoms with van der Waals surface area (Å²) in [6.07, 6.45) is 0. The lowest BCUT2D eigenvalue weighted by Crippen LogP contribution is -2.38. The van der Waals surface area contributed by atoms with Gasteiger partial charge in [0, 0.05) is 0 Å². The Kier molecular flexibility index (Phi) is 7.41. The second kappa shape index (κ2) is 9.34. The van der Waals surface area contributed by atoms with Crippen LogP contribution in [0.15, 0.2) is 53.4 Å². The van der Waals surface area contributed by atoms with Crippen molar-refractivity contribution in [2.24, 2.45) is 0 Å². The number of esters is 1. The van der Waals surface area contributed by atoms with Gasteiger partial charge in [0.25, 0.3) is 0 Å². The Balaban J connectivity index is 2.38. The highest BCUT2D eigenvalue weighted by molar-refractivity contribution is 9.10. The van der Waals surface area contributed by atoms with Gasteiger partial charge >= 0.3 is 5.97 Å². The minimum atomic E-state index is -3.85. The van der Waals surface area contributed by atoms with Crippen molar-refractivity contribution < 1.29 is 22.7 Å². The number of hydrogen-bond donors (Lipinski definition) is 1. The van der Waals surface area contributed by atoms with Gasteiger partial charge in [-0.05, 0) is 43.7 Å². The van der Waals surface area contributed by atoms with Crippen molar-refractivity contribution in [1.29, 1.82) is 0 Å². The fraction of sp³-hybridized carbons (Fsp3) is 0.316. The van der Waals surface area contributed by atoms with Gasteiger partial charge in [-0.2, -0.15) is 0 Å². The summed E-state index contributed by atoms with van der Waals surface area (Å²) >= 11 is 3.29. The van der Waals surface area contributed by atoms with Gasteiger partial charge in [-0.25, -0.2) is 13.1 Å². The number of carbonyl (C=O) groups is 1. The number of aryl methyl sites for hydroxylation is 1. The average molecular weight is 456 g/mol. The van der Waals surface area contributed by atoms with Crippen LogP contribution in [0.3, 0.4) is 0 Å². The van der Waals surface area contributed by atoms with Crippen molar-refractivity contribution in [2.75, 3.05) is 13.7 Å². The highest BCUT2D eigenvalue weighted by Gasteiger charge is 2.32. The zero-order chi connectivity index (χ0) is 20.0. The molecule has 0 radical (unpaired) electrons. The Labute approximate surface area is 168 Å². The third-order valence-corrected chi connectivity index (χ3v) is 6.25. The lowest BCUT2D eigenvalue weighted by atomic mass is 10.0. The SMILES string of the molecule is CCOC(=O)[C@@H](Br)[C@@H](NS(=O)(=O)c1ccc(C)cc1)c1ccc(OC)cc1. The van der Waals surface area contributed by atoms with Gasteiger partial charge in [0.05, 0.1) is 24.7 Å². The minimum absolute atomic E-state index is 0.121. The lowest BCUT2D eigenvalue weighted by molar-refractivity contribution is -0.142. The molecule has 0 aromatic heterocycles. The Morgan fingerprint density at radius 2 is 1.70 bits per heavy atom. The second-order valence-corrected chi connectivity index (χ2v) is 8.54. The summed E-state index contributed by atoms with van der Waals surface area (Å²) in [4.78, 5) is 11.4. The maximum atomic E-state index is 12.8. The maximum Gasteiger partial charge on any atom is 0.321 e. The molecule has 0 bridgehead atoms. The van der Waals surface area contributed by atoms with E-state index in [0.717, 1.165) is 5.56 Å². The molecular formula is C19H22BrNO5S. The van der Waals surface area contributed by atoms with Crippen LogP contribution in [0.5, 0.6) is 5.75 Å². The van der Waals surface area contributed by atoms with Crippen molar-refractivity contribution in [1.82, 2.24) is 4.72 Å². The molecule has 0 aliphatic heterocycles. The van der Waals surface area contributed by atoms with E-state index in [9.17, 15) is 13.2 Å². The zero-order valence-electron chi connectivity index (χ0n) is 15.3. The fourth-order valence-electron chi connectivity index (χ4n) is 2.42. The molecule has 27 heavy (non-hydrogen) atoms. The highest BCUT2D eigenvalue weighted by atomic mass is 79.9. The molecule has 2 rings (SSSR count). The summed E-state index contributed by atoms with van der Waals surface area (Å²) in [5, 5.41) is 0. The monoisotopic (exact) mass is 455 g/mol. The van der Waals surface area contributed by atoms with Crippen molar-refractivity contribution in [2.45, 2.75) is 29.6 Å². The number of carbonyl (C=O) groups excluding carboxylic acids is 1. The molecule has 0 amide bonds. The van der Waals surface area contributed by atoms with Gasteiger partial charge in [-0.15, -0.1) is 0 Å². The van der Waals surface area contributed by atoms with Crippen molar-refractivity contribution >= 4 is 31.9 Å². The number of rotatable bonds is 8. The van der Waals surface area contributed by atoms with E-state index in [1.54, 1.807) is 50.4 Å². The summed E-state index contributed by atoms with van der Waals surface area (Å²) in [7, 11) is -2.31. The molecule has 0 fully saturated rings. The van der Waals surface area contributed by atoms with Gasteiger partial charge in [0.2, 0.25) is 10.0 Å². The summed E-state index contributed by atoms with van der Waals surface area (Å²) in [6, 6.07) is 12.4. The first-order valence-corrected chi connectivity index (χ1v) is 10.7. The summed E-state index contributed by atoms with van der Waals surface area (Å²) in [5.74, 6) is 0.0751. The van der Waals surface area contributed by atoms with Crippen LogP contribution in [-0.4, -0.2) is 32.9 Å². The number of hydrogen-bond acceptors (Lipinski definition) is 5. The summed E-state index contributed by atoms with van der Waals surface area (Å²) in [6.45, 7) is 3.76. The average Bonchev–Trinajstić information content (AvgIpc) is 2.66. The molecule has 6 nitrogen and oxygen atoms in total. The van der Waals surface area contributed by atoms with Crippen LogP contribution in [0.4, 0.5) is 0 Å². The first kappa shape index (κ1) is 21.4. The highest BCUT2D eigenvalue weighted by Crippen LogP contribution is 2.28. The molecule has 8 heteroatoms. The van der Waals surface area contributed by atoms with Crippen LogP contribution in [0.1, 0.15) is 24.1 Å². The summed E-state index contributed by atoms with van der Waals surface area (Å²) in [5.41, 5.74) is 1.55. The van der Waals surface area contributed by atoms with Crippen LogP contribution in [0.25, 0.3) is 0 Å². The van der Waals surface area contributed by atoms with Crippen molar-refractivity contribution in [3.8, 4) is 5.75 Å². The van der Waals surface area contributed by atoms with Crippen LogP contribution >= 0.6 is 15.9 Å². The van der Waals surface area contributed by atoms with E-state index < -0.39 is 26.9 Å². The number of benzene rings is 2. The van der Waals surface area contributed by atoms with Gasteiger partial charge in [-0.1, -0.05) is 45.8 Å². The van der Waals surface area contributed by atoms with E-state index in [4.69, 9.17) is 9.47 Å². The normalized spacial score (nSPS) is 13.6. The fourth-order valence-corrected chi connectivity index (χ4v) is 4.40. The molecule has 2 aromatic rings. The molecule has 2 atom stereocenters. The quantitative estimate of drug-likeness (QED) is 0.487. The molecule has 2 aromatic carbocycles. The predicted octanol–water partition coefficient (Wildman–Crippen LogP) is 3.35. The van der Waals surface area contributed by atoms with E-state index in [1.807, 2.05) is 6.92 Å².